The molecule has 3 fully saturated rings. The van der Waals surface area contributed by atoms with Gasteiger partial charge in [-0.2, -0.15) is 9.91 Å². The lowest BCUT2D eigenvalue weighted by atomic mass is 9.50. The largest absolute Gasteiger partial charge is 0.502 e. The molecule has 2 heterocycles. The number of ether oxygens (including phenoxy) is 2. The van der Waals surface area contributed by atoms with Gasteiger partial charge in [-0.15, -0.1) is 0 Å². The summed E-state index contributed by atoms with van der Waals surface area (Å²) in [6, 6.07) is 13.7. The number of imide groups is 4. The number of allylic oxidation sites excluding steroid dienone is 3. The monoisotopic (exact) mass is 714 g/mol. The lowest BCUT2D eigenvalue weighted by Gasteiger charge is -2.49. The summed E-state index contributed by atoms with van der Waals surface area (Å²) in [5.74, 6) is -7.70. The van der Waals surface area contributed by atoms with Gasteiger partial charge >= 0.3 is 6.03 Å². The summed E-state index contributed by atoms with van der Waals surface area (Å²) in [6.45, 7) is 0. The highest BCUT2D eigenvalue weighted by Crippen LogP contribution is 2.61. The zero-order valence-electron chi connectivity index (χ0n) is 27.3. The van der Waals surface area contributed by atoms with Crippen LogP contribution in [0.25, 0.3) is 6.08 Å². The number of urea groups is 1. The van der Waals surface area contributed by atoms with E-state index in [1.165, 1.54) is 38.5 Å². The molecule has 0 radical (unpaired) electrons. The second kappa shape index (κ2) is 12.6. The molecule has 0 aromatic heterocycles. The number of aromatic hydroxyl groups is 1. The number of halogens is 2. The zero-order valence-corrected chi connectivity index (χ0v) is 28.1. The normalized spacial score (nSPS) is 26.9. The van der Waals surface area contributed by atoms with Crippen molar-refractivity contribution in [3.05, 3.63) is 100 Å². The fraction of sp³-hybridized carbons (Fsp3) is 0.270. The highest BCUT2D eigenvalue weighted by molar-refractivity contribution is 6.30. The Morgan fingerprint density at radius 1 is 0.980 bits per heavy atom. The molecule has 3 aromatic rings. The van der Waals surface area contributed by atoms with Crippen molar-refractivity contribution in [3.63, 3.8) is 0 Å². The molecule has 6 amide bonds. The molecule has 6 unspecified atom stereocenters. The van der Waals surface area contributed by atoms with Gasteiger partial charge in [-0.25, -0.2) is 9.18 Å². The maximum Gasteiger partial charge on any atom is 0.328 e. The second-order valence-electron chi connectivity index (χ2n) is 12.9. The summed E-state index contributed by atoms with van der Waals surface area (Å²) in [4.78, 5) is 69.4. The first kappa shape index (κ1) is 33.8. The van der Waals surface area contributed by atoms with Crippen molar-refractivity contribution in [2.75, 3.05) is 19.6 Å². The number of nitrogens with one attached hydrogen (secondary N) is 1. The molecule has 6 atom stereocenters. The predicted molar refractivity (Wildman–Crippen MR) is 181 cm³/mol. The molecule has 3 aromatic carbocycles. The average molecular weight is 715 g/mol. The smallest absolute Gasteiger partial charge is 0.328 e. The van der Waals surface area contributed by atoms with Gasteiger partial charge in [0.05, 0.1) is 43.1 Å². The number of hydrogen-bond acceptors (Lipinski definition) is 9. The Bertz CT molecular complexity index is 2030. The van der Waals surface area contributed by atoms with Crippen LogP contribution in [-0.4, -0.2) is 58.9 Å². The van der Waals surface area contributed by atoms with Gasteiger partial charge in [0.25, 0.3) is 11.8 Å². The molecular formula is C37H32ClFN4O8. The third kappa shape index (κ3) is 5.13. The van der Waals surface area contributed by atoms with Gasteiger partial charge in [-0.1, -0.05) is 47.5 Å². The van der Waals surface area contributed by atoms with Crippen molar-refractivity contribution in [1.82, 2.24) is 9.91 Å². The van der Waals surface area contributed by atoms with Gasteiger partial charge in [-0.3, -0.25) is 24.6 Å². The predicted octanol–water partition coefficient (Wildman–Crippen LogP) is 4.81. The Hall–Kier alpha value is -5.69. The lowest BCUT2D eigenvalue weighted by molar-refractivity contribution is -0.139. The lowest BCUT2D eigenvalue weighted by Crippen LogP contribution is -2.54. The van der Waals surface area contributed by atoms with Crippen molar-refractivity contribution >= 4 is 53.0 Å². The summed E-state index contributed by atoms with van der Waals surface area (Å²) < 4.78 is 24.5. The van der Waals surface area contributed by atoms with Crippen LogP contribution in [0, 0.1) is 35.4 Å². The van der Waals surface area contributed by atoms with Crippen molar-refractivity contribution in [2.45, 2.75) is 18.3 Å². The summed E-state index contributed by atoms with van der Waals surface area (Å²) >= 11 is 6.31. The highest BCUT2D eigenvalue weighted by atomic mass is 35.5. The number of carbonyl (C=O) groups is 5. The Kier molecular flexibility index (Phi) is 8.33. The molecule has 0 spiro atoms. The van der Waals surface area contributed by atoms with Gasteiger partial charge in [0.15, 0.2) is 11.5 Å². The SMILES string of the molecule is COc1cc(C=CC2C3=CCC4C(=O)N(C(N)=O)C(=O)C4C3CC3C(=O)N(Nc4ccc(F)cc4)C(=O)C23c2ccc(Cl)cc2)cc(OC)c1O. The molecule has 2 saturated heterocycles. The molecule has 0 bridgehead atoms. The van der Waals surface area contributed by atoms with Crippen LogP contribution in [0.4, 0.5) is 14.9 Å². The van der Waals surface area contributed by atoms with Crippen molar-refractivity contribution in [3.8, 4) is 17.2 Å². The molecule has 4 aliphatic rings. The Morgan fingerprint density at radius 3 is 2.24 bits per heavy atom. The van der Waals surface area contributed by atoms with E-state index in [0.717, 1.165) is 5.01 Å². The first-order valence-electron chi connectivity index (χ1n) is 16.1. The number of methoxy groups -OCH3 is 2. The standard InChI is InChI=1S/C37H32ClFN4O8/c1-50-28-15-18(16-29(51-2)31(28)44)3-14-26-23-12-13-24-30(34(47)42(32(24)45)36(40)49)25(23)17-27-33(46)43(41-22-10-8-21(39)9-11-22)35(48)37(26,27)19-4-6-20(38)7-5-19/h3-12,14-16,24-27,30,41,44H,13,17H2,1-2H3,(H2,40,49). The van der Waals surface area contributed by atoms with Crippen molar-refractivity contribution in [2.24, 2.45) is 35.3 Å². The number of rotatable bonds is 7. The van der Waals surface area contributed by atoms with Crippen LogP contribution in [0.5, 0.6) is 17.2 Å². The quantitative estimate of drug-likeness (QED) is 0.230. The van der Waals surface area contributed by atoms with Crippen LogP contribution < -0.4 is 20.6 Å². The first-order chi connectivity index (χ1) is 24.4. The van der Waals surface area contributed by atoms with Crippen LogP contribution in [0.2, 0.25) is 5.02 Å². The van der Waals surface area contributed by atoms with Gasteiger partial charge in [-0.05, 0) is 78.4 Å². The molecule has 2 aliphatic carbocycles. The molecule has 2 aliphatic heterocycles. The number of likely N-dealkylation sites (tertiary alicyclic amines) is 1. The van der Waals surface area contributed by atoms with E-state index >= 15 is 4.79 Å². The summed E-state index contributed by atoms with van der Waals surface area (Å²) in [7, 11) is 2.77. The number of nitrogens with zero attached hydrogens (tertiary/aromatic N) is 2. The number of anilines is 1. The first-order valence-corrected chi connectivity index (χ1v) is 16.5. The van der Waals surface area contributed by atoms with Gasteiger partial charge < -0.3 is 20.3 Å². The maximum atomic E-state index is 15.1. The zero-order chi connectivity index (χ0) is 36.4. The fourth-order valence-corrected chi connectivity index (χ4v) is 8.46. The molecule has 4 N–H and O–H groups in total. The van der Waals surface area contributed by atoms with Crippen LogP contribution in [0.15, 0.2) is 78.4 Å². The van der Waals surface area contributed by atoms with E-state index in [2.05, 4.69) is 5.43 Å². The average Bonchev–Trinajstić information content (AvgIpc) is 3.50. The third-order valence-corrected chi connectivity index (χ3v) is 10.8. The third-order valence-electron chi connectivity index (χ3n) is 10.5. The van der Waals surface area contributed by atoms with E-state index in [1.807, 2.05) is 6.08 Å². The molecule has 51 heavy (non-hydrogen) atoms. The number of benzene rings is 3. The molecule has 14 heteroatoms. The second-order valence-corrected chi connectivity index (χ2v) is 13.3. The van der Waals surface area contributed by atoms with Gasteiger partial charge in [0, 0.05) is 10.9 Å². The van der Waals surface area contributed by atoms with Crippen LogP contribution in [-0.2, 0) is 24.6 Å². The van der Waals surface area contributed by atoms with E-state index in [1.54, 1.807) is 48.6 Å². The number of primary amides is 1. The summed E-state index contributed by atoms with van der Waals surface area (Å²) in [6.07, 6.45) is 5.35. The van der Waals surface area contributed by atoms with Gasteiger partial charge in [0.1, 0.15) is 5.82 Å². The van der Waals surface area contributed by atoms with Crippen LogP contribution >= 0.6 is 11.6 Å². The Balaban J connectivity index is 1.44. The molecule has 12 nitrogen and oxygen atoms in total. The Labute approximate surface area is 296 Å². The number of hydrazine groups is 1. The van der Waals surface area contributed by atoms with Crippen molar-refractivity contribution < 1.29 is 42.9 Å². The van der Waals surface area contributed by atoms with Crippen LogP contribution in [0.3, 0.4) is 0 Å². The topological polar surface area (TPSA) is 169 Å². The maximum absolute atomic E-state index is 15.1. The van der Waals surface area contributed by atoms with E-state index < -0.39 is 70.5 Å². The number of nitrogens with two attached hydrogens (primary N) is 1. The molecule has 7 rings (SSSR count). The summed E-state index contributed by atoms with van der Waals surface area (Å²) in [5, 5.41) is 11.9. The van der Waals surface area contributed by atoms with Gasteiger partial charge in [0.2, 0.25) is 17.6 Å². The minimum atomic E-state index is -1.60. The summed E-state index contributed by atoms with van der Waals surface area (Å²) in [5.41, 5.74) is 8.65. The molecule has 1 saturated carbocycles. The number of carbonyl (C=O) groups excluding carboxylic acids is 5. The number of amides is 6. The van der Waals surface area contributed by atoms with E-state index in [0.29, 0.717) is 26.6 Å². The Morgan fingerprint density at radius 2 is 1.63 bits per heavy atom. The highest BCUT2D eigenvalue weighted by Gasteiger charge is 2.69. The van der Waals surface area contributed by atoms with Crippen LogP contribution in [0.1, 0.15) is 24.0 Å². The number of phenols is 1. The van der Waals surface area contributed by atoms with E-state index in [4.69, 9.17) is 26.8 Å². The van der Waals surface area contributed by atoms with E-state index in [-0.39, 0.29) is 35.8 Å². The van der Waals surface area contributed by atoms with E-state index in [9.17, 15) is 28.7 Å². The fourth-order valence-electron chi connectivity index (χ4n) is 8.34. The number of fused-ring (bicyclic) bond motifs is 4. The number of hydrogen-bond donors (Lipinski definition) is 3. The minimum Gasteiger partial charge on any atom is -0.502 e. The molecule has 262 valence electrons. The minimum absolute atomic E-state index is 0.0153. The molecular weight excluding hydrogens is 683 g/mol. The van der Waals surface area contributed by atoms with Crippen molar-refractivity contribution in [1.29, 1.82) is 0 Å². The number of phenolic OH excluding ortho intramolecular Hbond substituents is 1.